The van der Waals surface area contributed by atoms with Gasteiger partial charge in [0.15, 0.2) is 0 Å². The van der Waals surface area contributed by atoms with Gasteiger partial charge in [-0.2, -0.15) is 0 Å². The Morgan fingerprint density at radius 3 is 2.75 bits per heavy atom. The van der Waals surface area contributed by atoms with Crippen LogP contribution in [0.2, 0.25) is 0 Å². The summed E-state index contributed by atoms with van der Waals surface area (Å²) in [5.41, 5.74) is 0. The van der Waals surface area contributed by atoms with Crippen molar-refractivity contribution in [3.8, 4) is 0 Å². The molecule has 0 spiro atoms. The van der Waals surface area contributed by atoms with Gasteiger partial charge in [0.1, 0.15) is 0 Å². The van der Waals surface area contributed by atoms with Crippen LogP contribution in [0.15, 0.2) is 0 Å². The smallest absolute Gasteiger partial charge is 0.321 e. The Morgan fingerprint density at radius 1 is 1.35 bits per heavy atom. The van der Waals surface area contributed by atoms with Crippen LogP contribution in [0, 0.1) is 0 Å². The first-order valence-corrected chi connectivity index (χ1v) is 7.63. The number of nitrogens with zero attached hydrogens (tertiary/aromatic N) is 1. The second kappa shape index (κ2) is 9.72. The summed E-state index contributed by atoms with van der Waals surface area (Å²) in [6.45, 7) is 5.99. The van der Waals surface area contributed by atoms with Crippen LogP contribution in [-0.2, 0) is 4.79 Å². The van der Waals surface area contributed by atoms with Crippen LogP contribution in [0.5, 0.6) is 0 Å². The maximum absolute atomic E-state index is 11.6. The minimum absolute atomic E-state index is 0.217. The molecule has 1 heterocycles. The van der Waals surface area contributed by atoms with Crippen molar-refractivity contribution in [1.29, 1.82) is 0 Å². The van der Waals surface area contributed by atoms with Gasteiger partial charge >= 0.3 is 6.03 Å². The third-order valence-electron chi connectivity index (χ3n) is 3.60. The van der Waals surface area contributed by atoms with Crippen LogP contribution in [0.3, 0.4) is 0 Å². The summed E-state index contributed by atoms with van der Waals surface area (Å²) >= 11 is 0. The standard InChI is InChI=1S/C14H28N4O2/c1-3-4-9-18(11-12-6-5-8-16-12)10-7-13(19)17-14(20)15-2/h12,16H,3-11H2,1-2H3,(H2,15,17,19,20). The van der Waals surface area contributed by atoms with E-state index in [1.54, 1.807) is 0 Å². The van der Waals surface area contributed by atoms with Crippen LogP contribution >= 0.6 is 0 Å². The van der Waals surface area contributed by atoms with E-state index in [0.29, 0.717) is 19.0 Å². The monoisotopic (exact) mass is 284 g/mol. The quantitative estimate of drug-likeness (QED) is 0.613. The lowest BCUT2D eigenvalue weighted by Gasteiger charge is -2.25. The van der Waals surface area contributed by atoms with Gasteiger partial charge in [0.05, 0.1) is 0 Å². The van der Waals surface area contributed by atoms with Gasteiger partial charge in [-0.25, -0.2) is 4.79 Å². The van der Waals surface area contributed by atoms with E-state index in [4.69, 9.17) is 0 Å². The molecule has 1 atom stereocenters. The highest BCUT2D eigenvalue weighted by Crippen LogP contribution is 2.08. The van der Waals surface area contributed by atoms with Crippen LogP contribution < -0.4 is 16.0 Å². The number of imide groups is 1. The molecule has 0 aromatic carbocycles. The van der Waals surface area contributed by atoms with Crippen molar-refractivity contribution in [2.75, 3.05) is 33.2 Å². The van der Waals surface area contributed by atoms with Gasteiger partial charge < -0.3 is 15.5 Å². The molecule has 0 aromatic heterocycles. The van der Waals surface area contributed by atoms with Gasteiger partial charge in [0.25, 0.3) is 0 Å². The van der Waals surface area contributed by atoms with Crippen molar-refractivity contribution in [2.45, 2.75) is 45.1 Å². The van der Waals surface area contributed by atoms with Gasteiger partial charge in [-0.1, -0.05) is 13.3 Å². The third-order valence-corrected chi connectivity index (χ3v) is 3.60. The summed E-state index contributed by atoms with van der Waals surface area (Å²) in [6.07, 6.45) is 5.11. The highest BCUT2D eigenvalue weighted by Gasteiger charge is 2.18. The molecule has 6 nitrogen and oxygen atoms in total. The third kappa shape index (κ3) is 6.86. The number of hydrogen-bond acceptors (Lipinski definition) is 4. The highest BCUT2D eigenvalue weighted by molar-refractivity contribution is 5.94. The van der Waals surface area contributed by atoms with Crippen LogP contribution in [-0.4, -0.2) is 56.1 Å². The number of unbranched alkanes of at least 4 members (excludes halogenated alkanes) is 1. The topological polar surface area (TPSA) is 73.5 Å². The molecule has 6 heteroatoms. The maximum atomic E-state index is 11.6. The summed E-state index contributed by atoms with van der Waals surface area (Å²) in [5.74, 6) is -0.217. The van der Waals surface area contributed by atoms with E-state index in [-0.39, 0.29) is 5.91 Å². The highest BCUT2D eigenvalue weighted by atomic mass is 16.2. The molecule has 0 aromatic rings. The van der Waals surface area contributed by atoms with Crippen molar-refractivity contribution in [1.82, 2.24) is 20.9 Å². The van der Waals surface area contributed by atoms with Crippen molar-refractivity contribution >= 4 is 11.9 Å². The molecule has 3 N–H and O–H groups in total. The minimum atomic E-state index is -0.437. The van der Waals surface area contributed by atoms with Crippen molar-refractivity contribution in [2.24, 2.45) is 0 Å². The molecule has 1 fully saturated rings. The summed E-state index contributed by atoms with van der Waals surface area (Å²) in [7, 11) is 1.50. The maximum Gasteiger partial charge on any atom is 0.321 e. The first-order chi connectivity index (χ1) is 9.65. The predicted octanol–water partition coefficient (Wildman–Crippen LogP) is 0.686. The molecule has 116 valence electrons. The summed E-state index contributed by atoms with van der Waals surface area (Å²) in [4.78, 5) is 25.0. The van der Waals surface area contributed by atoms with Crippen LogP contribution in [0.25, 0.3) is 0 Å². The second-order valence-corrected chi connectivity index (χ2v) is 5.32. The molecule has 20 heavy (non-hydrogen) atoms. The summed E-state index contributed by atoms with van der Waals surface area (Å²) in [5, 5.41) is 8.17. The number of amides is 3. The van der Waals surface area contributed by atoms with Crippen LogP contribution in [0.1, 0.15) is 39.0 Å². The molecule has 0 bridgehead atoms. The van der Waals surface area contributed by atoms with Gasteiger partial charge in [0.2, 0.25) is 5.91 Å². The molecular weight excluding hydrogens is 256 g/mol. The van der Waals surface area contributed by atoms with Gasteiger partial charge in [-0.3, -0.25) is 10.1 Å². The summed E-state index contributed by atoms with van der Waals surface area (Å²) in [6, 6.07) is 0.112. The largest absolute Gasteiger partial charge is 0.341 e. The number of nitrogens with one attached hydrogen (secondary N) is 3. The zero-order chi connectivity index (χ0) is 14.8. The number of carbonyl (C=O) groups excluding carboxylic acids is 2. The van der Waals surface area contributed by atoms with Crippen LogP contribution in [0.4, 0.5) is 4.79 Å². The van der Waals surface area contributed by atoms with E-state index in [0.717, 1.165) is 32.5 Å². The second-order valence-electron chi connectivity index (χ2n) is 5.32. The fourth-order valence-corrected chi connectivity index (χ4v) is 2.41. The molecule has 1 rings (SSSR count). The molecule has 1 saturated heterocycles. The number of rotatable bonds is 8. The number of hydrogen-bond donors (Lipinski definition) is 3. The molecular formula is C14H28N4O2. The fourth-order valence-electron chi connectivity index (χ4n) is 2.41. The molecule has 0 aliphatic carbocycles. The molecule has 1 unspecified atom stereocenters. The van der Waals surface area contributed by atoms with E-state index in [9.17, 15) is 9.59 Å². The zero-order valence-corrected chi connectivity index (χ0v) is 12.7. The Labute approximate surface area is 121 Å². The van der Waals surface area contributed by atoms with E-state index < -0.39 is 6.03 Å². The van der Waals surface area contributed by atoms with E-state index in [1.165, 1.54) is 19.9 Å². The first kappa shape index (κ1) is 16.9. The van der Waals surface area contributed by atoms with Crippen molar-refractivity contribution in [3.63, 3.8) is 0 Å². The lowest BCUT2D eigenvalue weighted by Crippen LogP contribution is -2.42. The number of carbonyl (C=O) groups is 2. The predicted molar refractivity (Wildman–Crippen MR) is 79.6 cm³/mol. The molecule has 1 aliphatic rings. The Bertz CT molecular complexity index is 304. The first-order valence-electron chi connectivity index (χ1n) is 7.63. The van der Waals surface area contributed by atoms with E-state index in [2.05, 4.69) is 27.8 Å². The molecule has 0 radical (unpaired) electrons. The lowest BCUT2D eigenvalue weighted by molar-refractivity contribution is -0.120. The van der Waals surface area contributed by atoms with Gasteiger partial charge in [0, 0.05) is 32.6 Å². The average Bonchev–Trinajstić information content (AvgIpc) is 2.94. The Balaban J connectivity index is 2.31. The normalized spacial score (nSPS) is 18.2. The zero-order valence-electron chi connectivity index (χ0n) is 12.7. The van der Waals surface area contributed by atoms with Crippen molar-refractivity contribution in [3.05, 3.63) is 0 Å². The van der Waals surface area contributed by atoms with E-state index >= 15 is 0 Å². The fraction of sp³-hybridized carbons (Fsp3) is 0.857. The molecule has 3 amide bonds. The molecule has 0 saturated carbocycles. The lowest BCUT2D eigenvalue weighted by atomic mass is 10.2. The average molecular weight is 284 g/mol. The summed E-state index contributed by atoms with van der Waals surface area (Å²) < 4.78 is 0. The molecule has 1 aliphatic heterocycles. The van der Waals surface area contributed by atoms with Gasteiger partial charge in [-0.15, -0.1) is 0 Å². The van der Waals surface area contributed by atoms with Gasteiger partial charge in [-0.05, 0) is 32.4 Å². The van der Waals surface area contributed by atoms with E-state index in [1.807, 2.05) is 0 Å². The Kier molecular flexibility index (Phi) is 8.22. The Hall–Kier alpha value is -1.14. The Morgan fingerprint density at radius 2 is 2.15 bits per heavy atom. The number of urea groups is 1. The SMILES string of the molecule is CCCCN(CCC(=O)NC(=O)NC)CC1CCCN1. The minimum Gasteiger partial charge on any atom is -0.341 e. The van der Waals surface area contributed by atoms with Crippen molar-refractivity contribution < 1.29 is 9.59 Å².